The van der Waals surface area contributed by atoms with Gasteiger partial charge in [-0.15, -0.1) is 0 Å². The molecule has 2 heterocycles. The zero-order chi connectivity index (χ0) is 24.1. The Hall–Kier alpha value is -2.31. The van der Waals surface area contributed by atoms with E-state index in [1.807, 2.05) is 31.2 Å². The Labute approximate surface area is 219 Å². The van der Waals surface area contributed by atoms with Gasteiger partial charge in [0.1, 0.15) is 11.6 Å². The molecule has 1 amide bonds. The average molecular weight is 639 g/mol. The van der Waals surface area contributed by atoms with Gasteiger partial charge in [-0.3, -0.25) is 9.59 Å². The Morgan fingerprint density at radius 1 is 1.26 bits per heavy atom. The number of aromatic nitrogens is 2. The lowest BCUT2D eigenvalue weighted by Gasteiger charge is -2.26. The number of hydrogen-bond donors (Lipinski definition) is 0. The van der Waals surface area contributed by atoms with Gasteiger partial charge in [0.2, 0.25) is 0 Å². The number of ether oxygens (including phenoxy) is 2. The Balaban J connectivity index is 1.53. The largest absolute Gasteiger partial charge is 0.483 e. The van der Waals surface area contributed by atoms with Crippen molar-refractivity contribution in [3.05, 3.63) is 66.2 Å². The molecular formula is C24H24BrIN4O4. The fourth-order valence-electron chi connectivity index (χ4n) is 3.58. The van der Waals surface area contributed by atoms with Crippen LogP contribution in [0.25, 0.3) is 10.9 Å². The third-order valence-corrected chi connectivity index (χ3v) is 6.68. The van der Waals surface area contributed by atoms with Gasteiger partial charge in [0.05, 0.1) is 33.9 Å². The van der Waals surface area contributed by atoms with Crippen molar-refractivity contribution >= 4 is 61.5 Å². The third kappa shape index (κ3) is 5.84. The molecule has 1 aliphatic rings. The first kappa shape index (κ1) is 24.8. The number of hydrogen-bond acceptors (Lipinski definition) is 6. The summed E-state index contributed by atoms with van der Waals surface area (Å²) < 4.78 is 14.1. The van der Waals surface area contributed by atoms with Crippen LogP contribution >= 0.6 is 38.5 Å². The molecule has 3 aromatic rings. The quantitative estimate of drug-likeness (QED) is 0.290. The average Bonchev–Trinajstić information content (AvgIpc) is 2.84. The molecule has 1 fully saturated rings. The van der Waals surface area contributed by atoms with Crippen LogP contribution in [0.1, 0.15) is 24.7 Å². The molecule has 0 atom stereocenters. The van der Waals surface area contributed by atoms with Crippen LogP contribution in [-0.2, 0) is 16.0 Å². The van der Waals surface area contributed by atoms with E-state index in [0.717, 1.165) is 20.0 Å². The minimum absolute atomic E-state index is 0.0163. The number of nitrogens with zero attached hydrogens (tertiary/aromatic N) is 4. The van der Waals surface area contributed by atoms with Crippen molar-refractivity contribution in [1.29, 1.82) is 0 Å². The summed E-state index contributed by atoms with van der Waals surface area (Å²) >= 11 is 5.58. The van der Waals surface area contributed by atoms with E-state index in [2.05, 4.69) is 48.6 Å². The van der Waals surface area contributed by atoms with E-state index in [-0.39, 0.29) is 18.1 Å². The fourth-order valence-corrected chi connectivity index (χ4v) is 4.64. The number of morpholine rings is 1. The predicted molar refractivity (Wildman–Crippen MR) is 143 cm³/mol. The number of benzene rings is 2. The molecule has 8 nitrogen and oxygen atoms in total. The number of halogens is 2. The molecule has 0 aliphatic carbocycles. The van der Waals surface area contributed by atoms with E-state index in [1.165, 1.54) is 4.68 Å². The first-order valence-corrected chi connectivity index (χ1v) is 12.9. The van der Waals surface area contributed by atoms with E-state index in [0.29, 0.717) is 55.2 Å². The van der Waals surface area contributed by atoms with Crippen molar-refractivity contribution in [2.24, 2.45) is 5.10 Å². The van der Waals surface area contributed by atoms with Crippen LogP contribution in [0.2, 0.25) is 0 Å². The van der Waals surface area contributed by atoms with Crippen LogP contribution in [0.3, 0.4) is 0 Å². The molecule has 0 radical (unpaired) electrons. The molecule has 1 aliphatic heterocycles. The zero-order valence-electron chi connectivity index (χ0n) is 18.7. The van der Waals surface area contributed by atoms with Crippen LogP contribution < -0.4 is 10.3 Å². The van der Waals surface area contributed by atoms with Crippen LogP contribution in [0.15, 0.2) is 50.8 Å². The lowest BCUT2D eigenvalue weighted by atomic mass is 10.2. The van der Waals surface area contributed by atoms with Gasteiger partial charge in [0, 0.05) is 24.0 Å². The van der Waals surface area contributed by atoms with E-state index in [4.69, 9.17) is 9.47 Å². The highest BCUT2D eigenvalue weighted by Crippen LogP contribution is 2.22. The van der Waals surface area contributed by atoms with E-state index >= 15 is 0 Å². The second-order valence-electron chi connectivity index (χ2n) is 7.77. The van der Waals surface area contributed by atoms with Crippen LogP contribution in [-0.4, -0.2) is 59.6 Å². The van der Waals surface area contributed by atoms with Crippen molar-refractivity contribution in [2.45, 2.75) is 19.8 Å². The SMILES string of the molecule is CCCc1nc2ccc(Br)cc2c(=O)n1N=Cc1ccc(OCC(=O)N2CCOCC2)c(I)c1. The third-order valence-electron chi connectivity index (χ3n) is 5.34. The first-order valence-electron chi connectivity index (χ1n) is 11.0. The lowest BCUT2D eigenvalue weighted by molar-refractivity contribution is -0.137. The van der Waals surface area contributed by atoms with Crippen LogP contribution in [0, 0.1) is 3.57 Å². The molecule has 1 saturated heterocycles. The standard InChI is InChI=1S/C24H24BrIN4O4/c1-2-3-22-28-20-6-5-17(25)13-18(20)24(32)30(22)27-14-16-4-7-21(19(26)12-16)34-15-23(31)29-8-10-33-11-9-29/h4-7,12-14H,2-3,8-11,15H2,1H3. The maximum Gasteiger partial charge on any atom is 0.282 e. The maximum absolute atomic E-state index is 13.1. The maximum atomic E-state index is 13.1. The Bertz CT molecular complexity index is 1290. The summed E-state index contributed by atoms with van der Waals surface area (Å²) in [6.45, 7) is 4.33. The summed E-state index contributed by atoms with van der Waals surface area (Å²) in [5.74, 6) is 1.19. The second kappa shape index (κ2) is 11.4. The summed E-state index contributed by atoms with van der Waals surface area (Å²) in [6.07, 6.45) is 3.12. The summed E-state index contributed by atoms with van der Waals surface area (Å²) in [5, 5.41) is 4.97. The van der Waals surface area contributed by atoms with Gasteiger partial charge in [0.25, 0.3) is 11.5 Å². The summed E-state index contributed by atoms with van der Waals surface area (Å²) in [6, 6.07) is 11.0. The molecular weight excluding hydrogens is 615 g/mol. The number of carbonyl (C=O) groups excluding carboxylic acids is 1. The van der Waals surface area contributed by atoms with Gasteiger partial charge in [-0.05, 0) is 71.0 Å². The van der Waals surface area contributed by atoms with Crippen molar-refractivity contribution in [1.82, 2.24) is 14.6 Å². The lowest BCUT2D eigenvalue weighted by Crippen LogP contribution is -2.43. The van der Waals surface area contributed by atoms with Gasteiger partial charge >= 0.3 is 0 Å². The van der Waals surface area contributed by atoms with Crippen LogP contribution in [0.4, 0.5) is 0 Å². The summed E-state index contributed by atoms with van der Waals surface area (Å²) in [7, 11) is 0. The summed E-state index contributed by atoms with van der Waals surface area (Å²) in [5.41, 5.74) is 1.26. The molecule has 0 bridgehead atoms. The molecule has 0 N–H and O–H groups in total. The van der Waals surface area contributed by atoms with Crippen molar-refractivity contribution in [3.8, 4) is 5.75 Å². The Morgan fingerprint density at radius 2 is 2.06 bits per heavy atom. The molecule has 10 heteroatoms. The van der Waals surface area contributed by atoms with E-state index in [1.54, 1.807) is 23.2 Å². The highest BCUT2D eigenvalue weighted by molar-refractivity contribution is 14.1. The molecule has 2 aromatic carbocycles. The van der Waals surface area contributed by atoms with E-state index in [9.17, 15) is 9.59 Å². The summed E-state index contributed by atoms with van der Waals surface area (Å²) in [4.78, 5) is 31.8. The van der Waals surface area contributed by atoms with Gasteiger partial charge in [0.15, 0.2) is 6.61 Å². The normalized spacial score (nSPS) is 14.1. The van der Waals surface area contributed by atoms with Crippen LogP contribution in [0.5, 0.6) is 5.75 Å². The first-order chi connectivity index (χ1) is 16.5. The number of amides is 1. The number of fused-ring (bicyclic) bond motifs is 1. The Kier molecular flexibility index (Phi) is 8.32. The zero-order valence-corrected chi connectivity index (χ0v) is 22.4. The monoisotopic (exact) mass is 638 g/mol. The molecule has 178 valence electrons. The minimum atomic E-state index is -0.206. The molecule has 34 heavy (non-hydrogen) atoms. The van der Waals surface area contributed by atoms with Gasteiger partial charge in [-0.2, -0.15) is 9.78 Å². The minimum Gasteiger partial charge on any atom is -0.483 e. The van der Waals surface area contributed by atoms with Crippen molar-refractivity contribution in [3.63, 3.8) is 0 Å². The molecule has 0 unspecified atom stereocenters. The molecule has 1 aromatic heterocycles. The highest BCUT2D eigenvalue weighted by atomic mass is 127. The fraction of sp³-hybridized carbons (Fsp3) is 0.333. The molecule has 0 spiro atoms. The smallest absolute Gasteiger partial charge is 0.282 e. The molecule has 4 rings (SSSR count). The highest BCUT2D eigenvalue weighted by Gasteiger charge is 2.17. The Morgan fingerprint density at radius 3 is 2.79 bits per heavy atom. The number of aryl methyl sites for hydroxylation is 1. The molecule has 0 saturated carbocycles. The predicted octanol–water partition coefficient (Wildman–Crippen LogP) is 3.84. The number of carbonyl (C=O) groups is 1. The topological polar surface area (TPSA) is 86.0 Å². The van der Waals surface area contributed by atoms with Gasteiger partial charge in [-0.25, -0.2) is 4.98 Å². The van der Waals surface area contributed by atoms with Gasteiger partial charge in [-0.1, -0.05) is 22.9 Å². The van der Waals surface area contributed by atoms with E-state index < -0.39 is 0 Å². The van der Waals surface area contributed by atoms with Crippen molar-refractivity contribution in [2.75, 3.05) is 32.9 Å². The van der Waals surface area contributed by atoms with Gasteiger partial charge < -0.3 is 14.4 Å². The van der Waals surface area contributed by atoms with Crippen molar-refractivity contribution < 1.29 is 14.3 Å². The second-order valence-corrected chi connectivity index (χ2v) is 9.85. The number of rotatable bonds is 7.